The second-order valence-corrected chi connectivity index (χ2v) is 8.91. The highest BCUT2D eigenvalue weighted by Crippen LogP contribution is 2.46. The quantitative estimate of drug-likeness (QED) is 0.316. The molecule has 3 rings (SSSR count). The van der Waals surface area contributed by atoms with Crippen LogP contribution in [0.3, 0.4) is 0 Å². The lowest BCUT2D eigenvalue weighted by molar-refractivity contribution is 0.0880. The number of pyridine rings is 1. The molecule has 1 amide bonds. The third-order valence-electron chi connectivity index (χ3n) is 4.24. The number of rotatable bonds is 8. The van der Waals surface area contributed by atoms with Gasteiger partial charge in [-0.2, -0.15) is 0 Å². The minimum atomic E-state index is -3.39. The van der Waals surface area contributed by atoms with Gasteiger partial charge in [0.25, 0.3) is 5.91 Å². The maximum atomic E-state index is 12.7. The van der Waals surface area contributed by atoms with Crippen molar-refractivity contribution in [2.75, 3.05) is 29.8 Å². The SMILES string of the molecule is CC(C)(COc1cccc2c1C(N)=NS(O)(O)N2)NC(=O)c1ccnc(NCCO)c1. The molecule has 1 aliphatic heterocycles. The maximum Gasteiger partial charge on any atom is 0.252 e. The molecule has 31 heavy (non-hydrogen) atoms. The number of hydrogen-bond acceptors (Lipinski definition) is 10. The number of fused-ring (bicyclic) bond motifs is 1. The summed E-state index contributed by atoms with van der Waals surface area (Å²) < 4.78 is 31.6. The van der Waals surface area contributed by atoms with Crippen LogP contribution in [0.15, 0.2) is 40.9 Å². The van der Waals surface area contributed by atoms with Crippen LogP contribution in [0.5, 0.6) is 5.75 Å². The number of carbonyl (C=O) groups is 1. The normalized spacial score (nSPS) is 15.7. The van der Waals surface area contributed by atoms with E-state index in [0.717, 1.165) is 0 Å². The molecule has 0 radical (unpaired) electrons. The summed E-state index contributed by atoms with van der Waals surface area (Å²) in [7, 11) is -3.39. The third-order valence-corrected chi connectivity index (χ3v) is 5.18. The van der Waals surface area contributed by atoms with Crippen LogP contribution in [0.25, 0.3) is 0 Å². The summed E-state index contributed by atoms with van der Waals surface area (Å²) in [5, 5.41) is 14.7. The van der Waals surface area contributed by atoms with Gasteiger partial charge in [-0.1, -0.05) is 6.07 Å². The van der Waals surface area contributed by atoms with E-state index in [1.807, 2.05) is 0 Å². The standard InChI is InChI=1S/C19H26N6O5S/c1-19(2,23-18(27)12-6-7-21-15(10-12)22-8-9-26)11-30-14-5-3-4-13-16(14)17(20)25-31(28,29)24-13/h3-7,10,24,26,28-29H,8-9,11H2,1-2H3,(H2,20,25)(H,21,22)(H,23,27). The summed E-state index contributed by atoms with van der Waals surface area (Å²) in [5.41, 5.74) is 6.37. The smallest absolute Gasteiger partial charge is 0.252 e. The van der Waals surface area contributed by atoms with Crippen LogP contribution in [0.2, 0.25) is 0 Å². The van der Waals surface area contributed by atoms with E-state index >= 15 is 0 Å². The van der Waals surface area contributed by atoms with Crippen LogP contribution >= 0.6 is 11.0 Å². The van der Waals surface area contributed by atoms with Crippen LogP contribution in [0.1, 0.15) is 29.8 Å². The van der Waals surface area contributed by atoms with Gasteiger partial charge in [0, 0.05) is 18.3 Å². The predicted octanol–water partition coefficient (Wildman–Crippen LogP) is 1.78. The number of nitrogens with two attached hydrogens (primary N) is 1. The fraction of sp³-hybridized carbons (Fsp3) is 0.316. The first-order chi connectivity index (χ1) is 14.6. The van der Waals surface area contributed by atoms with E-state index in [-0.39, 0.29) is 25.0 Å². The number of amides is 1. The van der Waals surface area contributed by atoms with Gasteiger partial charge in [0.15, 0.2) is 5.84 Å². The molecule has 1 aliphatic rings. The molecular weight excluding hydrogens is 424 g/mol. The van der Waals surface area contributed by atoms with Crippen molar-refractivity contribution in [1.82, 2.24) is 10.3 Å². The molecule has 0 aliphatic carbocycles. The Labute approximate surface area is 181 Å². The van der Waals surface area contributed by atoms with Gasteiger partial charge in [-0.3, -0.25) is 18.6 Å². The molecule has 1 aromatic heterocycles. The summed E-state index contributed by atoms with van der Waals surface area (Å²) in [6.45, 7) is 4.00. The molecule has 12 heteroatoms. The molecule has 0 spiro atoms. The molecule has 168 valence electrons. The monoisotopic (exact) mass is 450 g/mol. The number of anilines is 2. The highest BCUT2D eigenvalue weighted by Gasteiger charge is 2.27. The number of hydrogen-bond donors (Lipinski definition) is 7. The van der Waals surface area contributed by atoms with Gasteiger partial charge < -0.3 is 26.2 Å². The topological polar surface area (TPSA) is 174 Å². The Morgan fingerprint density at radius 2 is 2.10 bits per heavy atom. The van der Waals surface area contributed by atoms with Crippen LogP contribution in [-0.2, 0) is 0 Å². The molecule has 8 N–H and O–H groups in total. The first-order valence-corrected chi connectivity index (χ1v) is 10.9. The van der Waals surface area contributed by atoms with E-state index in [4.69, 9.17) is 15.6 Å². The van der Waals surface area contributed by atoms with Gasteiger partial charge in [0.1, 0.15) is 18.2 Å². The number of carbonyl (C=O) groups excluding carboxylic acids is 1. The van der Waals surface area contributed by atoms with Crippen LogP contribution in [0.4, 0.5) is 11.5 Å². The lowest BCUT2D eigenvalue weighted by atomic mass is 10.1. The first-order valence-electron chi connectivity index (χ1n) is 9.41. The van der Waals surface area contributed by atoms with Crippen molar-refractivity contribution in [1.29, 1.82) is 0 Å². The molecule has 0 atom stereocenters. The van der Waals surface area contributed by atoms with E-state index in [2.05, 4.69) is 24.7 Å². The predicted molar refractivity (Wildman–Crippen MR) is 120 cm³/mol. The zero-order chi connectivity index (χ0) is 22.6. The average Bonchev–Trinajstić information content (AvgIpc) is 2.69. The van der Waals surface area contributed by atoms with Crippen molar-refractivity contribution in [2.45, 2.75) is 19.4 Å². The molecule has 0 bridgehead atoms. The zero-order valence-corrected chi connectivity index (χ0v) is 17.9. The summed E-state index contributed by atoms with van der Waals surface area (Å²) in [4.78, 5) is 16.8. The van der Waals surface area contributed by atoms with Gasteiger partial charge in [0.05, 0.1) is 23.4 Å². The third kappa shape index (κ3) is 5.76. The Bertz CT molecular complexity index is 998. The highest BCUT2D eigenvalue weighted by atomic mass is 32.3. The fourth-order valence-corrected chi connectivity index (χ4v) is 3.76. The summed E-state index contributed by atoms with van der Waals surface area (Å²) in [5.74, 6) is 0.517. The molecule has 0 saturated carbocycles. The van der Waals surface area contributed by atoms with E-state index in [1.54, 1.807) is 44.2 Å². The van der Waals surface area contributed by atoms with Gasteiger partial charge >= 0.3 is 0 Å². The molecule has 2 heterocycles. The first kappa shape index (κ1) is 22.6. The van der Waals surface area contributed by atoms with E-state index in [9.17, 15) is 13.9 Å². The number of nitrogens with zero attached hydrogens (tertiary/aromatic N) is 2. The number of amidine groups is 1. The zero-order valence-electron chi connectivity index (χ0n) is 17.1. The largest absolute Gasteiger partial charge is 0.490 e. The summed E-state index contributed by atoms with van der Waals surface area (Å²) in [6, 6.07) is 8.18. The minimum Gasteiger partial charge on any atom is -0.490 e. The van der Waals surface area contributed by atoms with Crippen LogP contribution < -0.4 is 25.8 Å². The van der Waals surface area contributed by atoms with Crippen molar-refractivity contribution in [3.63, 3.8) is 0 Å². The minimum absolute atomic E-state index is 0.0463. The van der Waals surface area contributed by atoms with Gasteiger partial charge in [-0.05, 0) is 49.1 Å². The van der Waals surface area contributed by atoms with Gasteiger partial charge in [-0.25, -0.2) is 4.98 Å². The molecule has 0 fully saturated rings. The number of ether oxygens (including phenoxy) is 1. The maximum absolute atomic E-state index is 12.7. The molecular formula is C19H26N6O5S. The van der Waals surface area contributed by atoms with E-state index in [1.165, 1.54) is 6.20 Å². The summed E-state index contributed by atoms with van der Waals surface area (Å²) >= 11 is 0. The highest BCUT2D eigenvalue weighted by molar-refractivity contribution is 8.24. The Morgan fingerprint density at radius 3 is 2.84 bits per heavy atom. The Hall–Kier alpha value is -3.06. The Morgan fingerprint density at radius 1 is 1.32 bits per heavy atom. The number of aromatic nitrogens is 1. The molecule has 2 aromatic rings. The van der Waals surface area contributed by atoms with Crippen molar-refractivity contribution >= 4 is 34.2 Å². The van der Waals surface area contributed by atoms with Crippen molar-refractivity contribution in [3.8, 4) is 5.75 Å². The molecule has 11 nitrogen and oxygen atoms in total. The molecule has 0 saturated heterocycles. The van der Waals surface area contributed by atoms with E-state index in [0.29, 0.717) is 34.9 Å². The van der Waals surface area contributed by atoms with Crippen molar-refractivity contribution < 1.29 is 23.7 Å². The second kappa shape index (κ2) is 8.98. The number of aliphatic hydroxyl groups is 1. The van der Waals surface area contributed by atoms with Crippen LogP contribution in [0, 0.1) is 0 Å². The van der Waals surface area contributed by atoms with E-state index < -0.39 is 16.5 Å². The Balaban J connectivity index is 1.68. The second-order valence-electron chi connectivity index (χ2n) is 7.48. The van der Waals surface area contributed by atoms with Crippen molar-refractivity contribution in [2.24, 2.45) is 10.1 Å². The molecule has 0 unspecified atom stereocenters. The lowest BCUT2D eigenvalue weighted by Gasteiger charge is -2.34. The Kier molecular flexibility index (Phi) is 6.55. The number of nitrogens with one attached hydrogen (secondary N) is 3. The number of benzene rings is 1. The lowest BCUT2D eigenvalue weighted by Crippen LogP contribution is -2.48. The fourth-order valence-electron chi connectivity index (χ4n) is 2.88. The van der Waals surface area contributed by atoms with Crippen LogP contribution in [-0.4, -0.2) is 56.2 Å². The summed E-state index contributed by atoms with van der Waals surface area (Å²) in [6.07, 6.45) is 1.51. The molecule has 1 aromatic carbocycles. The van der Waals surface area contributed by atoms with Gasteiger partial charge in [-0.15, -0.1) is 4.40 Å². The number of aliphatic hydroxyl groups excluding tert-OH is 1. The average molecular weight is 451 g/mol. The van der Waals surface area contributed by atoms with Crippen molar-refractivity contribution in [3.05, 3.63) is 47.7 Å². The van der Waals surface area contributed by atoms with Gasteiger partial charge in [0.2, 0.25) is 0 Å².